The molecular formula is C10H23NOS. The van der Waals surface area contributed by atoms with E-state index in [2.05, 4.69) is 13.8 Å². The van der Waals surface area contributed by atoms with Gasteiger partial charge in [-0.15, -0.1) is 0 Å². The van der Waals surface area contributed by atoms with Crippen molar-refractivity contribution < 1.29 is 5.11 Å². The number of thioether (sulfide) groups is 1. The van der Waals surface area contributed by atoms with Gasteiger partial charge < -0.3 is 10.8 Å². The maximum Gasteiger partial charge on any atom is 0.0628 e. The zero-order valence-electron chi connectivity index (χ0n) is 9.16. The number of nitrogens with two attached hydrogens (primary N) is 1. The first-order valence-corrected chi connectivity index (χ1v) is 6.09. The van der Waals surface area contributed by atoms with Crippen LogP contribution in [0.1, 0.15) is 34.1 Å². The third-order valence-corrected chi connectivity index (χ3v) is 4.10. The Hall–Kier alpha value is 0.270. The summed E-state index contributed by atoms with van der Waals surface area (Å²) in [4.78, 5) is 0. The zero-order valence-corrected chi connectivity index (χ0v) is 9.97. The molecule has 0 saturated heterocycles. The van der Waals surface area contributed by atoms with Crippen LogP contribution in [0.4, 0.5) is 0 Å². The van der Waals surface area contributed by atoms with Gasteiger partial charge in [-0.1, -0.05) is 27.2 Å². The lowest BCUT2D eigenvalue weighted by atomic mass is 10.0. The minimum Gasteiger partial charge on any atom is -0.392 e. The van der Waals surface area contributed by atoms with Crippen LogP contribution < -0.4 is 5.73 Å². The van der Waals surface area contributed by atoms with Crippen LogP contribution in [0.3, 0.4) is 0 Å². The Morgan fingerprint density at radius 2 is 1.85 bits per heavy atom. The largest absolute Gasteiger partial charge is 0.392 e. The molecule has 13 heavy (non-hydrogen) atoms. The maximum atomic E-state index is 9.27. The van der Waals surface area contributed by atoms with Crippen molar-refractivity contribution in [1.29, 1.82) is 0 Å². The van der Waals surface area contributed by atoms with Crippen molar-refractivity contribution in [3.63, 3.8) is 0 Å². The van der Waals surface area contributed by atoms with Crippen LogP contribution >= 0.6 is 11.8 Å². The standard InChI is InChI=1S/C10H23NOS/c1-5-7(2)10(11)6-13-9(4)8(3)12/h7-10,12H,5-6,11H2,1-4H3. The van der Waals surface area contributed by atoms with Crippen LogP contribution in [-0.4, -0.2) is 28.3 Å². The molecule has 0 fully saturated rings. The fraction of sp³-hybridized carbons (Fsp3) is 1.00. The van der Waals surface area contributed by atoms with E-state index in [1.807, 2.05) is 13.8 Å². The van der Waals surface area contributed by atoms with Crippen molar-refractivity contribution in [2.75, 3.05) is 5.75 Å². The van der Waals surface area contributed by atoms with Gasteiger partial charge in [-0.2, -0.15) is 11.8 Å². The van der Waals surface area contributed by atoms with E-state index in [0.29, 0.717) is 5.92 Å². The fourth-order valence-corrected chi connectivity index (χ4v) is 2.00. The van der Waals surface area contributed by atoms with Crippen molar-refractivity contribution in [3.05, 3.63) is 0 Å². The molecule has 0 bridgehead atoms. The Labute approximate surface area is 86.3 Å². The highest BCUT2D eigenvalue weighted by atomic mass is 32.2. The van der Waals surface area contributed by atoms with Crippen molar-refractivity contribution in [3.8, 4) is 0 Å². The van der Waals surface area contributed by atoms with Gasteiger partial charge in [0, 0.05) is 17.0 Å². The van der Waals surface area contributed by atoms with Crippen LogP contribution in [0.5, 0.6) is 0 Å². The molecule has 0 saturated carbocycles. The first kappa shape index (κ1) is 13.3. The highest BCUT2D eigenvalue weighted by molar-refractivity contribution is 7.99. The van der Waals surface area contributed by atoms with Crippen LogP contribution in [0.25, 0.3) is 0 Å². The maximum absolute atomic E-state index is 9.27. The lowest BCUT2D eigenvalue weighted by Gasteiger charge is -2.21. The summed E-state index contributed by atoms with van der Waals surface area (Å²) in [5.74, 6) is 1.52. The number of aliphatic hydroxyl groups excluding tert-OH is 1. The van der Waals surface area contributed by atoms with E-state index in [4.69, 9.17) is 5.73 Å². The van der Waals surface area contributed by atoms with E-state index < -0.39 is 0 Å². The summed E-state index contributed by atoms with van der Waals surface area (Å²) < 4.78 is 0. The predicted molar refractivity (Wildman–Crippen MR) is 61.0 cm³/mol. The smallest absolute Gasteiger partial charge is 0.0628 e. The van der Waals surface area contributed by atoms with E-state index in [9.17, 15) is 5.11 Å². The highest BCUT2D eigenvalue weighted by Gasteiger charge is 2.14. The van der Waals surface area contributed by atoms with Gasteiger partial charge in [0.25, 0.3) is 0 Å². The summed E-state index contributed by atoms with van der Waals surface area (Å²) >= 11 is 1.76. The second kappa shape index (κ2) is 6.68. The van der Waals surface area contributed by atoms with Gasteiger partial charge in [-0.05, 0) is 12.8 Å². The number of rotatable bonds is 6. The molecule has 0 aliphatic carbocycles. The zero-order chi connectivity index (χ0) is 10.4. The molecule has 0 aromatic carbocycles. The number of aliphatic hydroxyl groups is 1. The SMILES string of the molecule is CCC(C)C(N)CSC(C)C(C)O. The Bertz CT molecular complexity index is 130. The third-order valence-electron chi connectivity index (χ3n) is 2.61. The van der Waals surface area contributed by atoms with Crippen molar-refractivity contribution in [1.82, 2.24) is 0 Å². The predicted octanol–water partition coefficient (Wildman–Crippen LogP) is 1.86. The van der Waals surface area contributed by atoms with E-state index in [1.165, 1.54) is 0 Å². The van der Waals surface area contributed by atoms with Gasteiger partial charge in [0.05, 0.1) is 6.10 Å². The summed E-state index contributed by atoms with van der Waals surface area (Å²) in [7, 11) is 0. The average Bonchev–Trinajstić information content (AvgIpc) is 2.11. The first-order valence-electron chi connectivity index (χ1n) is 5.04. The molecule has 3 heteroatoms. The molecule has 0 spiro atoms. The molecule has 0 heterocycles. The molecule has 0 rings (SSSR count). The summed E-state index contributed by atoms with van der Waals surface area (Å²) in [6, 6.07) is 0.260. The molecule has 80 valence electrons. The molecule has 0 amide bonds. The first-order chi connectivity index (χ1) is 5.99. The lowest BCUT2D eigenvalue weighted by Crippen LogP contribution is -2.32. The molecular weight excluding hydrogens is 182 g/mol. The van der Waals surface area contributed by atoms with E-state index >= 15 is 0 Å². The van der Waals surface area contributed by atoms with Gasteiger partial charge in [0.15, 0.2) is 0 Å². The second-order valence-electron chi connectivity index (χ2n) is 3.83. The fourth-order valence-electron chi connectivity index (χ4n) is 0.869. The third kappa shape index (κ3) is 5.55. The molecule has 2 nitrogen and oxygen atoms in total. The van der Waals surface area contributed by atoms with Crippen LogP contribution in [0.2, 0.25) is 0 Å². The Morgan fingerprint density at radius 1 is 1.31 bits per heavy atom. The summed E-state index contributed by atoms with van der Waals surface area (Å²) in [6.45, 7) is 8.21. The molecule has 4 atom stereocenters. The van der Waals surface area contributed by atoms with E-state index in [1.54, 1.807) is 11.8 Å². The quantitative estimate of drug-likeness (QED) is 0.696. The van der Waals surface area contributed by atoms with Crippen LogP contribution in [-0.2, 0) is 0 Å². The van der Waals surface area contributed by atoms with Gasteiger partial charge >= 0.3 is 0 Å². The molecule has 0 aliphatic rings. The monoisotopic (exact) mass is 205 g/mol. The Morgan fingerprint density at radius 3 is 2.23 bits per heavy atom. The van der Waals surface area contributed by atoms with E-state index in [-0.39, 0.29) is 17.4 Å². The van der Waals surface area contributed by atoms with Gasteiger partial charge in [-0.25, -0.2) is 0 Å². The van der Waals surface area contributed by atoms with Gasteiger partial charge in [0.2, 0.25) is 0 Å². The molecule has 0 aromatic heterocycles. The molecule has 0 aliphatic heterocycles. The molecule has 3 N–H and O–H groups in total. The van der Waals surface area contributed by atoms with Crippen LogP contribution in [0, 0.1) is 5.92 Å². The van der Waals surface area contributed by atoms with Gasteiger partial charge in [0.1, 0.15) is 0 Å². The topological polar surface area (TPSA) is 46.2 Å². The summed E-state index contributed by atoms with van der Waals surface area (Å²) in [5, 5.41) is 9.56. The number of hydrogen-bond acceptors (Lipinski definition) is 3. The van der Waals surface area contributed by atoms with Gasteiger partial charge in [-0.3, -0.25) is 0 Å². The van der Waals surface area contributed by atoms with Crippen LogP contribution in [0.15, 0.2) is 0 Å². The molecule has 0 radical (unpaired) electrons. The Kier molecular flexibility index (Phi) is 6.82. The summed E-state index contributed by atoms with van der Waals surface area (Å²) in [5.41, 5.74) is 5.97. The van der Waals surface area contributed by atoms with Crippen molar-refractivity contribution >= 4 is 11.8 Å². The normalized spacial score (nSPS) is 20.8. The minimum absolute atomic E-state index is 0.242. The lowest BCUT2D eigenvalue weighted by molar-refractivity contribution is 0.196. The minimum atomic E-state index is -0.242. The Balaban J connectivity index is 3.63. The molecule has 4 unspecified atom stereocenters. The molecule has 0 aromatic rings. The second-order valence-corrected chi connectivity index (χ2v) is 5.24. The number of hydrogen-bond donors (Lipinski definition) is 2. The van der Waals surface area contributed by atoms with Crippen molar-refractivity contribution in [2.45, 2.75) is 51.5 Å². The van der Waals surface area contributed by atoms with E-state index in [0.717, 1.165) is 12.2 Å². The highest BCUT2D eigenvalue weighted by Crippen LogP contribution is 2.18. The average molecular weight is 205 g/mol. The summed E-state index contributed by atoms with van der Waals surface area (Å²) in [6.07, 6.45) is 0.888. The van der Waals surface area contributed by atoms with Crippen molar-refractivity contribution in [2.24, 2.45) is 11.7 Å².